The molecule has 1 saturated carbocycles. The van der Waals surface area contributed by atoms with Crippen molar-refractivity contribution in [3.8, 4) is 0 Å². The highest BCUT2D eigenvalue weighted by Crippen LogP contribution is 2.51. The minimum absolute atomic E-state index is 0.0109. The fourth-order valence-electron chi connectivity index (χ4n) is 8.40. The molecule has 1 N–H and O–H groups in total. The van der Waals surface area contributed by atoms with Gasteiger partial charge in [0.1, 0.15) is 11.4 Å². The first kappa shape index (κ1) is 29.2. The normalized spacial score (nSPS) is 26.6. The highest BCUT2D eigenvalue weighted by Gasteiger charge is 2.54. The van der Waals surface area contributed by atoms with Crippen molar-refractivity contribution in [3.63, 3.8) is 0 Å². The Hall–Kier alpha value is -2.25. The van der Waals surface area contributed by atoms with Gasteiger partial charge in [-0.25, -0.2) is 4.39 Å². The molecule has 1 spiro atoms. The summed E-state index contributed by atoms with van der Waals surface area (Å²) in [6.45, 7) is 15.4. The molecule has 2 aliphatic carbocycles. The van der Waals surface area contributed by atoms with Crippen molar-refractivity contribution in [3.05, 3.63) is 52.6 Å². The fraction of sp³-hybridized carbons (Fsp3) is 0.697. The monoisotopic (exact) mass is 552 g/mol. The number of piperidine rings is 1. The van der Waals surface area contributed by atoms with Gasteiger partial charge in [-0.3, -0.25) is 14.4 Å². The van der Waals surface area contributed by atoms with E-state index in [4.69, 9.17) is 5.10 Å². The highest BCUT2D eigenvalue weighted by molar-refractivity contribution is 5.79. The first-order valence-electron chi connectivity index (χ1n) is 15.4. The molecule has 0 bridgehead atoms. The average Bonchev–Trinajstić information content (AvgIpc) is 3.57. The first-order valence-corrected chi connectivity index (χ1v) is 15.4. The van der Waals surface area contributed by atoms with Gasteiger partial charge in [0.05, 0.1) is 5.69 Å². The summed E-state index contributed by atoms with van der Waals surface area (Å²) in [4.78, 5) is 17.6. The Morgan fingerprint density at radius 3 is 2.50 bits per heavy atom. The number of carbonyl (C=O) groups is 1. The Morgan fingerprint density at radius 1 is 1.18 bits per heavy atom. The van der Waals surface area contributed by atoms with Gasteiger partial charge in [-0.2, -0.15) is 5.10 Å². The lowest BCUT2D eigenvalue weighted by Gasteiger charge is -2.42. The summed E-state index contributed by atoms with van der Waals surface area (Å²) >= 11 is 0. The number of benzene rings is 1. The van der Waals surface area contributed by atoms with Crippen molar-refractivity contribution in [2.45, 2.75) is 103 Å². The number of hydrogen-bond donors (Lipinski definition) is 1. The van der Waals surface area contributed by atoms with Crippen LogP contribution in [0.15, 0.2) is 24.3 Å². The van der Waals surface area contributed by atoms with E-state index in [-0.39, 0.29) is 28.5 Å². The zero-order chi connectivity index (χ0) is 28.9. The van der Waals surface area contributed by atoms with Crippen molar-refractivity contribution in [2.75, 3.05) is 33.2 Å². The van der Waals surface area contributed by atoms with Gasteiger partial charge in [0, 0.05) is 30.7 Å². The Labute approximate surface area is 239 Å². The lowest BCUT2D eigenvalue weighted by atomic mass is 9.75. The number of carboxylic acids is 1. The van der Waals surface area contributed by atoms with Crippen LogP contribution < -0.4 is 0 Å². The van der Waals surface area contributed by atoms with E-state index < -0.39 is 11.5 Å². The van der Waals surface area contributed by atoms with Gasteiger partial charge in [-0.05, 0) is 113 Å². The Balaban J connectivity index is 1.37. The van der Waals surface area contributed by atoms with E-state index in [2.05, 4.69) is 49.1 Å². The van der Waals surface area contributed by atoms with Crippen LogP contribution in [0, 0.1) is 17.2 Å². The molecule has 2 fully saturated rings. The van der Waals surface area contributed by atoms with Crippen LogP contribution in [0.5, 0.6) is 0 Å². The molecule has 2 heterocycles. The van der Waals surface area contributed by atoms with Crippen molar-refractivity contribution in [1.29, 1.82) is 0 Å². The van der Waals surface area contributed by atoms with Crippen molar-refractivity contribution < 1.29 is 14.3 Å². The zero-order valence-corrected chi connectivity index (χ0v) is 25.5. The molecule has 0 radical (unpaired) electrons. The van der Waals surface area contributed by atoms with Gasteiger partial charge in [0.2, 0.25) is 0 Å². The summed E-state index contributed by atoms with van der Waals surface area (Å²) in [6.07, 6.45) is 6.71. The number of likely N-dealkylation sites (tertiary alicyclic amines) is 1. The molecule has 1 saturated heterocycles. The first-order chi connectivity index (χ1) is 18.9. The van der Waals surface area contributed by atoms with E-state index in [9.17, 15) is 14.3 Å². The zero-order valence-electron chi connectivity index (χ0n) is 25.5. The Morgan fingerprint density at radius 2 is 1.90 bits per heavy atom. The molecule has 1 aliphatic heterocycles. The van der Waals surface area contributed by atoms with Crippen molar-refractivity contribution in [1.82, 2.24) is 19.6 Å². The molecule has 0 amide bonds. The van der Waals surface area contributed by atoms with E-state index in [0.29, 0.717) is 19.4 Å². The van der Waals surface area contributed by atoms with Crippen molar-refractivity contribution >= 4 is 5.97 Å². The number of fused-ring (bicyclic) bond motifs is 2. The molecule has 3 aliphatic rings. The maximum absolute atomic E-state index is 14.4. The van der Waals surface area contributed by atoms with Crippen LogP contribution in [0.25, 0.3) is 0 Å². The standard InChI is InChI=1S/C33H49FN4O2/c1-7-28-26-12-13-32(29(26)38(8-2)35-28)14-16-37(17-15-32)21-24-19-33(30(39)40,36(6)22-31(3,4)5)20-27(24)23-10-9-11-25(34)18-23/h9-11,18,24,27H,7-8,12-17,19-22H2,1-6H3,(H,39,40)/t24-,27-,33?/m1/s1. The van der Waals surface area contributed by atoms with E-state index in [1.165, 1.54) is 29.4 Å². The smallest absolute Gasteiger partial charge is 0.324 e. The number of aliphatic carboxylic acids is 1. The van der Waals surface area contributed by atoms with E-state index in [1.54, 1.807) is 12.1 Å². The summed E-state index contributed by atoms with van der Waals surface area (Å²) < 4.78 is 16.7. The lowest BCUT2D eigenvalue weighted by molar-refractivity contribution is -0.151. The predicted octanol–water partition coefficient (Wildman–Crippen LogP) is 5.88. The summed E-state index contributed by atoms with van der Waals surface area (Å²) in [5, 5.41) is 15.6. The van der Waals surface area contributed by atoms with Gasteiger partial charge >= 0.3 is 5.97 Å². The second-order valence-corrected chi connectivity index (χ2v) is 14.1. The maximum atomic E-state index is 14.4. The van der Waals surface area contributed by atoms with Crippen LogP contribution in [0.2, 0.25) is 0 Å². The Kier molecular flexibility index (Phi) is 7.94. The molecule has 1 aromatic carbocycles. The topological polar surface area (TPSA) is 61.6 Å². The molecule has 1 unspecified atom stereocenters. The van der Waals surface area contributed by atoms with E-state index in [1.807, 2.05) is 13.1 Å². The van der Waals surface area contributed by atoms with Crippen LogP contribution in [-0.4, -0.2) is 69.4 Å². The van der Waals surface area contributed by atoms with Crippen molar-refractivity contribution in [2.24, 2.45) is 11.3 Å². The maximum Gasteiger partial charge on any atom is 0.324 e. The number of aromatic nitrogens is 2. The molecular formula is C33H49FN4O2. The Bertz CT molecular complexity index is 1230. The average molecular weight is 553 g/mol. The second kappa shape index (κ2) is 10.9. The van der Waals surface area contributed by atoms with Crippen LogP contribution >= 0.6 is 0 Å². The van der Waals surface area contributed by atoms with Gasteiger partial charge in [0.25, 0.3) is 0 Å². The minimum atomic E-state index is -0.948. The number of hydrogen-bond acceptors (Lipinski definition) is 4. The quantitative estimate of drug-likeness (QED) is 0.443. The third-order valence-electron chi connectivity index (χ3n) is 10.3. The number of likely N-dealkylation sites (N-methyl/N-ethyl adjacent to an activating group) is 1. The number of halogens is 1. The molecule has 6 nitrogen and oxygen atoms in total. The molecule has 1 aromatic heterocycles. The lowest BCUT2D eigenvalue weighted by Crippen LogP contribution is -2.53. The minimum Gasteiger partial charge on any atom is -0.480 e. The van der Waals surface area contributed by atoms with Crippen LogP contribution in [0.1, 0.15) is 95.2 Å². The second-order valence-electron chi connectivity index (χ2n) is 14.1. The summed E-state index contributed by atoms with van der Waals surface area (Å²) in [5.74, 6) is -0.833. The van der Waals surface area contributed by atoms with Gasteiger partial charge in [-0.15, -0.1) is 0 Å². The molecule has 220 valence electrons. The largest absolute Gasteiger partial charge is 0.480 e. The van der Waals surface area contributed by atoms with Gasteiger partial charge < -0.3 is 10.0 Å². The number of aryl methyl sites for hydroxylation is 2. The number of carboxylic acid groups (broad SMARTS) is 1. The number of rotatable bonds is 8. The predicted molar refractivity (Wildman–Crippen MR) is 157 cm³/mol. The van der Waals surface area contributed by atoms with Crippen LogP contribution in [0.4, 0.5) is 4.39 Å². The molecule has 2 aromatic rings. The molecule has 3 atom stereocenters. The molecular weight excluding hydrogens is 503 g/mol. The molecule has 7 heteroatoms. The third kappa shape index (κ3) is 5.24. The molecule has 40 heavy (non-hydrogen) atoms. The fourth-order valence-corrected chi connectivity index (χ4v) is 8.40. The summed E-state index contributed by atoms with van der Waals surface area (Å²) in [7, 11) is 1.97. The van der Waals surface area contributed by atoms with E-state index in [0.717, 1.165) is 57.4 Å². The summed E-state index contributed by atoms with van der Waals surface area (Å²) in [5.41, 5.74) is 4.48. The van der Waals surface area contributed by atoms with Crippen LogP contribution in [-0.2, 0) is 29.6 Å². The van der Waals surface area contributed by atoms with E-state index >= 15 is 0 Å². The number of nitrogens with zero attached hydrogens (tertiary/aromatic N) is 4. The SMILES string of the molecule is CCc1nn(CC)c2c1CCC21CCN(C[C@H]2CC(C(=O)O)(N(C)CC(C)(C)C)C[C@@H]2c2cccc(F)c2)CC1. The highest BCUT2D eigenvalue weighted by atomic mass is 19.1. The van der Waals surface area contributed by atoms with Crippen LogP contribution in [0.3, 0.4) is 0 Å². The van der Waals surface area contributed by atoms with Gasteiger partial charge in [-0.1, -0.05) is 39.8 Å². The van der Waals surface area contributed by atoms with Gasteiger partial charge in [0.15, 0.2) is 0 Å². The third-order valence-corrected chi connectivity index (χ3v) is 10.3. The molecule has 5 rings (SSSR count). The summed E-state index contributed by atoms with van der Waals surface area (Å²) in [6, 6.07) is 6.87.